The third-order valence-corrected chi connectivity index (χ3v) is 4.40. The van der Waals surface area contributed by atoms with Crippen molar-refractivity contribution < 1.29 is 0 Å². The van der Waals surface area contributed by atoms with Crippen LogP contribution in [0.5, 0.6) is 0 Å². The van der Waals surface area contributed by atoms with Crippen LogP contribution in [0.25, 0.3) is 0 Å². The summed E-state index contributed by atoms with van der Waals surface area (Å²) in [5.41, 5.74) is 2.94. The van der Waals surface area contributed by atoms with Gasteiger partial charge < -0.3 is 5.32 Å². The van der Waals surface area contributed by atoms with Gasteiger partial charge in [0.2, 0.25) is 0 Å². The first-order chi connectivity index (χ1) is 10.0. The Morgan fingerprint density at radius 3 is 2.43 bits per heavy atom. The van der Waals surface area contributed by atoms with Gasteiger partial charge in [-0.25, -0.2) is 0 Å². The van der Waals surface area contributed by atoms with Crippen molar-refractivity contribution in [3.8, 4) is 0 Å². The maximum absolute atomic E-state index is 3.99. The summed E-state index contributed by atoms with van der Waals surface area (Å²) in [4.78, 5) is 1.21. The molecule has 0 radical (unpaired) electrons. The van der Waals surface area contributed by atoms with Crippen LogP contribution < -0.4 is 5.32 Å². The normalized spacial score (nSPS) is 13.3. The summed E-state index contributed by atoms with van der Waals surface area (Å²) in [7, 11) is 0. The van der Waals surface area contributed by atoms with Gasteiger partial charge in [0.05, 0.1) is 11.1 Å². The summed E-state index contributed by atoms with van der Waals surface area (Å²) in [5, 5.41) is 7.56. The third kappa shape index (κ3) is 4.61. The SMILES string of the molecule is CCCNC(Cc1ccc(C(C)(C)C)cc1)c1cnns1. The number of hydrogen-bond donors (Lipinski definition) is 1. The van der Waals surface area contributed by atoms with Crippen LogP contribution in [0.2, 0.25) is 0 Å². The Balaban J connectivity index is 2.09. The molecule has 0 fully saturated rings. The molecule has 2 rings (SSSR count). The molecule has 3 nitrogen and oxygen atoms in total. The highest BCUT2D eigenvalue weighted by Gasteiger charge is 2.16. The molecule has 0 aliphatic rings. The van der Waals surface area contributed by atoms with Gasteiger partial charge in [-0.05, 0) is 47.5 Å². The Labute approximate surface area is 132 Å². The largest absolute Gasteiger partial charge is 0.309 e. The fraction of sp³-hybridized carbons (Fsp3) is 0.529. The van der Waals surface area contributed by atoms with Crippen LogP contribution in [0.1, 0.15) is 56.2 Å². The molecule has 1 unspecified atom stereocenters. The first-order valence-electron chi connectivity index (χ1n) is 7.60. The Morgan fingerprint density at radius 2 is 1.90 bits per heavy atom. The van der Waals surface area contributed by atoms with Crippen molar-refractivity contribution in [1.82, 2.24) is 14.9 Å². The lowest BCUT2D eigenvalue weighted by atomic mass is 9.86. The minimum Gasteiger partial charge on any atom is -0.309 e. The van der Waals surface area contributed by atoms with E-state index in [0.29, 0.717) is 6.04 Å². The quantitative estimate of drug-likeness (QED) is 0.872. The van der Waals surface area contributed by atoms with Crippen molar-refractivity contribution >= 4 is 11.5 Å². The van der Waals surface area contributed by atoms with Crippen LogP contribution in [0.4, 0.5) is 0 Å². The van der Waals surface area contributed by atoms with Crippen molar-refractivity contribution in [3.63, 3.8) is 0 Å². The number of nitrogens with zero attached hydrogens (tertiary/aromatic N) is 2. The highest BCUT2D eigenvalue weighted by atomic mass is 32.1. The van der Waals surface area contributed by atoms with Gasteiger partial charge in [-0.2, -0.15) is 0 Å². The molecule has 0 saturated heterocycles. The van der Waals surface area contributed by atoms with E-state index in [0.717, 1.165) is 19.4 Å². The van der Waals surface area contributed by atoms with Crippen LogP contribution in [0, 0.1) is 0 Å². The number of rotatable bonds is 6. The third-order valence-electron chi connectivity index (χ3n) is 3.62. The standard InChI is InChI=1S/C17H25N3S/c1-5-10-18-15(16-12-19-20-21-16)11-13-6-8-14(9-7-13)17(2,3)4/h6-9,12,15,18H,5,10-11H2,1-4H3. The van der Waals surface area contributed by atoms with Gasteiger partial charge in [0.25, 0.3) is 0 Å². The monoisotopic (exact) mass is 303 g/mol. The number of nitrogens with one attached hydrogen (secondary N) is 1. The predicted octanol–water partition coefficient (Wildman–Crippen LogP) is 4.12. The molecule has 0 saturated carbocycles. The van der Waals surface area contributed by atoms with Crippen LogP contribution in [-0.2, 0) is 11.8 Å². The summed E-state index contributed by atoms with van der Waals surface area (Å²) in [6, 6.07) is 9.30. The van der Waals surface area contributed by atoms with Crippen LogP contribution in [-0.4, -0.2) is 16.1 Å². The summed E-state index contributed by atoms with van der Waals surface area (Å²) in [6.07, 6.45) is 3.99. The molecule has 1 N–H and O–H groups in total. The van der Waals surface area contributed by atoms with Gasteiger partial charge >= 0.3 is 0 Å². The van der Waals surface area contributed by atoms with Crippen molar-refractivity contribution in [2.45, 2.75) is 52.0 Å². The van der Waals surface area contributed by atoms with Gasteiger partial charge in [0.1, 0.15) is 0 Å². The molecule has 0 aliphatic carbocycles. The summed E-state index contributed by atoms with van der Waals surface area (Å²) < 4.78 is 3.99. The van der Waals surface area contributed by atoms with E-state index in [9.17, 15) is 0 Å². The highest BCUT2D eigenvalue weighted by molar-refractivity contribution is 7.05. The zero-order valence-electron chi connectivity index (χ0n) is 13.4. The molecule has 21 heavy (non-hydrogen) atoms. The number of hydrogen-bond acceptors (Lipinski definition) is 4. The van der Waals surface area contributed by atoms with Gasteiger partial charge in [-0.1, -0.05) is 56.4 Å². The molecule has 1 aromatic heterocycles. The molecule has 0 aliphatic heterocycles. The first kappa shape index (κ1) is 16.1. The lowest BCUT2D eigenvalue weighted by Gasteiger charge is -2.20. The fourth-order valence-corrected chi connectivity index (χ4v) is 2.87. The van der Waals surface area contributed by atoms with Crippen molar-refractivity contribution in [1.29, 1.82) is 0 Å². The number of aromatic nitrogens is 2. The van der Waals surface area contributed by atoms with Crippen molar-refractivity contribution in [2.24, 2.45) is 0 Å². The summed E-state index contributed by atoms with van der Waals surface area (Å²) in [5.74, 6) is 0. The van der Waals surface area contributed by atoms with E-state index < -0.39 is 0 Å². The van der Waals surface area contributed by atoms with Crippen LogP contribution in [0.3, 0.4) is 0 Å². The average molecular weight is 303 g/mol. The molecule has 0 amide bonds. The van der Waals surface area contributed by atoms with E-state index in [1.807, 2.05) is 6.20 Å². The molecule has 1 atom stereocenters. The Bertz CT molecular complexity index is 526. The van der Waals surface area contributed by atoms with Crippen molar-refractivity contribution in [2.75, 3.05) is 6.54 Å². The Morgan fingerprint density at radius 1 is 1.19 bits per heavy atom. The first-order valence-corrected chi connectivity index (χ1v) is 8.38. The average Bonchev–Trinajstić information content (AvgIpc) is 2.97. The predicted molar refractivity (Wildman–Crippen MR) is 89.8 cm³/mol. The Hall–Kier alpha value is -1.26. The highest BCUT2D eigenvalue weighted by Crippen LogP contribution is 2.25. The van der Waals surface area contributed by atoms with E-state index in [1.165, 1.54) is 27.5 Å². The van der Waals surface area contributed by atoms with E-state index in [-0.39, 0.29) is 5.41 Å². The Kier molecular flexibility index (Phi) is 5.48. The molecular weight excluding hydrogens is 278 g/mol. The van der Waals surface area contributed by atoms with Crippen molar-refractivity contribution in [3.05, 3.63) is 46.5 Å². The van der Waals surface area contributed by atoms with Gasteiger partial charge in [0, 0.05) is 6.04 Å². The van der Waals surface area contributed by atoms with E-state index in [4.69, 9.17) is 0 Å². The summed E-state index contributed by atoms with van der Waals surface area (Å²) >= 11 is 1.48. The second-order valence-electron chi connectivity index (χ2n) is 6.48. The van der Waals surface area contributed by atoms with Gasteiger partial charge in [0.15, 0.2) is 0 Å². The molecule has 2 aromatic rings. The minimum absolute atomic E-state index is 0.208. The minimum atomic E-state index is 0.208. The van der Waals surface area contributed by atoms with E-state index in [2.05, 4.69) is 66.9 Å². The smallest absolute Gasteiger partial charge is 0.0669 e. The maximum atomic E-state index is 3.99. The number of benzene rings is 1. The van der Waals surface area contributed by atoms with Gasteiger partial charge in [-0.3, -0.25) is 0 Å². The van der Waals surface area contributed by atoms with Crippen LogP contribution >= 0.6 is 11.5 Å². The molecule has 4 heteroatoms. The zero-order chi connectivity index (χ0) is 15.3. The van der Waals surface area contributed by atoms with Gasteiger partial charge in [-0.15, -0.1) is 5.10 Å². The molecule has 114 valence electrons. The molecule has 1 aromatic carbocycles. The molecule has 1 heterocycles. The lowest BCUT2D eigenvalue weighted by Crippen LogP contribution is -2.23. The molecule has 0 spiro atoms. The van der Waals surface area contributed by atoms with E-state index >= 15 is 0 Å². The fourth-order valence-electron chi connectivity index (χ4n) is 2.30. The maximum Gasteiger partial charge on any atom is 0.0669 e. The molecular formula is C17H25N3S. The summed E-state index contributed by atoms with van der Waals surface area (Å²) in [6.45, 7) is 9.94. The molecule has 0 bridgehead atoms. The lowest BCUT2D eigenvalue weighted by molar-refractivity contribution is 0.535. The van der Waals surface area contributed by atoms with E-state index in [1.54, 1.807) is 0 Å². The zero-order valence-corrected chi connectivity index (χ0v) is 14.2. The second-order valence-corrected chi connectivity index (χ2v) is 7.29. The second kappa shape index (κ2) is 7.14. The van der Waals surface area contributed by atoms with Crippen LogP contribution in [0.15, 0.2) is 30.5 Å². The topological polar surface area (TPSA) is 37.8 Å².